The summed E-state index contributed by atoms with van der Waals surface area (Å²) in [4.78, 5) is 13.7. The van der Waals surface area contributed by atoms with Crippen molar-refractivity contribution in [2.24, 2.45) is 11.8 Å². The normalized spacial score (nSPS) is 23.7. The maximum absolute atomic E-state index is 11.6. The Kier molecular flexibility index (Phi) is 4.43. The highest BCUT2D eigenvalue weighted by atomic mass is 16.2. The molecule has 0 saturated carbocycles. The third kappa shape index (κ3) is 3.00. The lowest BCUT2D eigenvalue weighted by atomic mass is 9.91. The smallest absolute Gasteiger partial charge is 0.222 e. The monoisotopic (exact) mass is 197 g/mol. The molecule has 1 heterocycles. The van der Waals surface area contributed by atoms with E-state index in [0.717, 1.165) is 13.1 Å². The van der Waals surface area contributed by atoms with E-state index in [2.05, 4.69) is 18.7 Å². The van der Waals surface area contributed by atoms with Gasteiger partial charge in [-0.15, -0.1) is 0 Å². The van der Waals surface area contributed by atoms with Crippen molar-refractivity contribution in [2.75, 3.05) is 13.1 Å². The fourth-order valence-corrected chi connectivity index (χ4v) is 2.17. The molecule has 1 aliphatic heterocycles. The number of hydrogen-bond acceptors (Lipinski definition) is 1. The van der Waals surface area contributed by atoms with Crippen LogP contribution in [0.1, 0.15) is 46.5 Å². The van der Waals surface area contributed by atoms with Crippen LogP contribution in [0.5, 0.6) is 0 Å². The van der Waals surface area contributed by atoms with Gasteiger partial charge in [0.05, 0.1) is 0 Å². The lowest BCUT2D eigenvalue weighted by Crippen LogP contribution is -2.35. The Labute approximate surface area is 87.7 Å². The minimum Gasteiger partial charge on any atom is -0.342 e. The van der Waals surface area contributed by atoms with Gasteiger partial charge in [0.25, 0.3) is 0 Å². The van der Waals surface area contributed by atoms with Gasteiger partial charge < -0.3 is 4.90 Å². The molecule has 14 heavy (non-hydrogen) atoms. The Morgan fingerprint density at radius 3 is 2.71 bits per heavy atom. The highest BCUT2D eigenvalue weighted by Crippen LogP contribution is 2.23. The minimum absolute atomic E-state index is 0.331. The minimum atomic E-state index is 0.331. The van der Waals surface area contributed by atoms with Crippen LogP contribution in [0.4, 0.5) is 0 Å². The topological polar surface area (TPSA) is 20.3 Å². The third-order valence-electron chi connectivity index (χ3n) is 3.31. The summed E-state index contributed by atoms with van der Waals surface area (Å²) in [6.07, 6.45) is 4.43. The fourth-order valence-electron chi connectivity index (χ4n) is 2.17. The molecule has 1 amide bonds. The Hall–Kier alpha value is -0.530. The van der Waals surface area contributed by atoms with Crippen LogP contribution in [0.15, 0.2) is 0 Å². The Morgan fingerprint density at radius 1 is 1.43 bits per heavy atom. The molecule has 2 heteroatoms. The van der Waals surface area contributed by atoms with Crippen molar-refractivity contribution >= 4 is 5.91 Å². The average molecular weight is 197 g/mol. The molecule has 1 rings (SSSR count). The summed E-state index contributed by atoms with van der Waals surface area (Å²) in [5.41, 5.74) is 0. The SMILES string of the molecule is CCC(=O)N1CCCCC(C(C)C)C1. The zero-order valence-corrected chi connectivity index (χ0v) is 9.75. The molecule has 0 aromatic heterocycles. The molecule has 1 unspecified atom stereocenters. The van der Waals surface area contributed by atoms with Crippen LogP contribution in [0.2, 0.25) is 0 Å². The van der Waals surface area contributed by atoms with Crippen molar-refractivity contribution < 1.29 is 4.79 Å². The van der Waals surface area contributed by atoms with Gasteiger partial charge in [0, 0.05) is 19.5 Å². The summed E-state index contributed by atoms with van der Waals surface area (Å²) >= 11 is 0. The van der Waals surface area contributed by atoms with Gasteiger partial charge in [-0.25, -0.2) is 0 Å². The van der Waals surface area contributed by atoms with E-state index in [1.807, 2.05) is 6.92 Å². The van der Waals surface area contributed by atoms with Crippen LogP contribution in [-0.4, -0.2) is 23.9 Å². The molecule has 0 aromatic carbocycles. The van der Waals surface area contributed by atoms with E-state index in [-0.39, 0.29) is 0 Å². The van der Waals surface area contributed by atoms with Crippen LogP contribution in [-0.2, 0) is 4.79 Å². The molecular weight excluding hydrogens is 174 g/mol. The van der Waals surface area contributed by atoms with Gasteiger partial charge in [0.2, 0.25) is 5.91 Å². The summed E-state index contributed by atoms with van der Waals surface area (Å²) in [7, 11) is 0. The third-order valence-corrected chi connectivity index (χ3v) is 3.31. The molecule has 0 aliphatic carbocycles. The van der Waals surface area contributed by atoms with E-state index in [1.54, 1.807) is 0 Å². The van der Waals surface area contributed by atoms with Crippen LogP contribution < -0.4 is 0 Å². The van der Waals surface area contributed by atoms with E-state index in [4.69, 9.17) is 0 Å². The summed E-state index contributed by atoms with van der Waals surface area (Å²) < 4.78 is 0. The molecule has 1 atom stereocenters. The fraction of sp³-hybridized carbons (Fsp3) is 0.917. The number of nitrogens with zero attached hydrogens (tertiary/aromatic N) is 1. The van der Waals surface area contributed by atoms with Crippen molar-refractivity contribution in [1.29, 1.82) is 0 Å². The second-order valence-corrected chi connectivity index (χ2v) is 4.69. The van der Waals surface area contributed by atoms with Crippen LogP contribution in [0.3, 0.4) is 0 Å². The van der Waals surface area contributed by atoms with Crippen LogP contribution in [0, 0.1) is 11.8 Å². The Morgan fingerprint density at radius 2 is 2.14 bits per heavy atom. The van der Waals surface area contributed by atoms with Gasteiger partial charge in [0.15, 0.2) is 0 Å². The first-order chi connectivity index (χ1) is 6.65. The second-order valence-electron chi connectivity index (χ2n) is 4.69. The molecule has 1 fully saturated rings. The number of carbonyl (C=O) groups is 1. The van der Waals surface area contributed by atoms with E-state index in [0.29, 0.717) is 24.2 Å². The van der Waals surface area contributed by atoms with E-state index < -0.39 is 0 Å². The zero-order chi connectivity index (χ0) is 10.6. The van der Waals surface area contributed by atoms with Gasteiger partial charge in [-0.1, -0.05) is 27.2 Å². The summed E-state index contributed by atoms with van der Waals surface area (Å²) in [5, 5.41) is 0. The van der Waals surface area contributed by atoms with E-state index >= 15 is 0 Å². The maximum atomic E-state index is 11.6. The molecule has 0 bridgehead atoms. The Balaban J connectivity index is 2.55. The summed E-state index contributed by atoms with van der Waals surface area (Å²) in [6.45, 7) is 8.47. The molecule has 0 spiro atoms. The lowest BCUT2D eigenvalue weighted by molar-refractivity contribution is -0.131. The van der Waals surface area contributed by atoms with Gasteiger partial charge in [-0.2, -0.15) is 0 Å². The molecule has 1 saturated heterocycles. The molecule has 82 valence electrons. The molecule has 0 N–H and O–H groups in total. The molecule has 1 aliphatic rings. The highest BCUT2D eigenvalue weighted by Gasteiger charge is 2.22. The standard InChI is InChI=1S/C12H23NO/c1-4-12(14)13-8-6-5-7-11(9-13)10(2)3/h10-11H,4-9H2,1-3H3. The number of carbonyl (C=O) groups excluding carboxylic acids is 1. The maximum Gasteiger partial charge on any atom is 0.222 e. The van der Waals surface area contributed by atoms with Gasteiger partial charge in [-0.3, -0.25) is 4.79 Å². The first-order valence-electron chi connectivity index (χ1n) is 5.93. The van der Waals surface area contributed by atoms with Crippen molar-refractivity contribution in [2.45, 2.75) is 46.5 Å². The average Bonchev–Trinajstić information content (AvgIpc) is 2.41. The summed E-state index contributed by atoms with van der Waals surface area (Å²) in [6, 6.07) is 0. The molecular formula is C12H23NO. The number of rotatable bonds is 2. The van der Waals surface area contributed by atoms with Crippen LogP contribution in [0.25, 0.3) is 0 Å². The van der Waals surface area contributed by atoms with Crippen LogP contribution >= 0.6 is 0 Å². The van der Waals surface area contributed by atoms with Crippen molar-refractivity contribution in [3.05, 3.63) is 0 Å². The predicted octanol–water partition coefficient (Wildman–Crippen LogP) is 2.68. The number of hydrogen-bond donors (Lipinski definition) is 0. The van der Waals surface area contributed by atoms with E-state index in [1.165, 1.54) is 19.3 Å². The van der Waals surface area contributed by atoms with Gasteiger partial charge in [-0.05, 0) is 24.7 Å². The molecule has 2 nitrogen and oxygen atoms in total. The van der Waals surface area contributed by atoms with E-state index in [9.17, 15) is 4.79 Å². The largest absolute Gasteiger partial charge is 0.342 e. The summed E-state index contributed by atoms with van der Waals surface area (Å²) in [5.74, 6) is 1.76. The molecule has 0 radical (unpaired) electrons. The van der Waals surface area contributed by atoms with Crippen molar-refractivity contribution in [3.63, 3.8) is 0 Å². The quantitative estimate of drug-likeness (QED) is 0.666. The Bertz CT molecular complexity index is 189. The highest BCUT2D eigenvalue weighted by molar-refractivity contribution is 5.75. The second kappa shape index (κ2) is 5.38. The number of amides is 1. The number of likely N-dealkylation sites (tertiary alicyclic amines) is 1. The first-order valence-corrected chi connectivity index (χ1v) is 5.93. The zero-order valence-electron chi connectivity index (χ0n) is 9.75. The predicted molar refractivity (Wildman–Crippen MR) is 59.1 cm³/mol. The lowest BCUT2D eigenvalue weighted by Gasteiger charge is -2.26. The van der Waals surface area contributed by atoms with Gasteiger partial charge in [0.1, 0.15) is 0 Å². The van der Waals surface area contributed by atoms with Crippen molar-refractivity contribution in [1.82, 2.24) is 4.90 Å². The van der Waals surface area contributed by atoms with Gasteiger partial charge >= 0.3 is 0 Å². The molecule has 0 aromatic rings. The first kappa shape index (κ1) is 11.5. The van der Waals surface area contributed by atoms with Crippen molar-refractivity contribution in [3.8, 4) is 0 Å².